The van der Waals surface area contributed by atoms with Gasteiger partial charge in [-0.05, 0) is 56.0 Å². The number of nitrogens with zero attached hydrogens (tertiary/aromatic N) is 1. The van der Waals surface area contributed by atoms with Crippen LogP contribution in [0, 0.1) is 0 Å². The van der Waals surface area contributed by atoms with Crippen LogP contribution in [-0.2, 0) is 17.6 Å². The molecule has 1 amide bonds. The standard InChI is InChI=1S/C26H20Cl2N2O3S/c1-2-33-26(32)23-16-7-5-9-22(16)34-25(23)30-24(31)17-13-21(14-10-11-18(27)19(28)12-14)29-20-8-4-3-6-15(17)20/h3-4,6,8,10-13H,2,5,7,9H2,1H3,(H,30,31). The molecule has 0 aliphatic heterocycles. The van der Waals surface area contributed by atoms with Crippen molar-refractivity contribution in [2.24, 2.45) is 0 Å². The maximum atomic E-state index is 13.6. The topological polar surface area (TPSA) is 68.3 Å². The first-order valence-corrected chi connectivity index (χ1v) is 12.5. The molecule has 172 valence electrons. The van der Waals surface area contributed by atoms with E-state index in [0.717, 1.165) is 35.3 Å². The van der Waals surface area contributed by atoms with Crippen molar-refractivity contribution in [3.05, 3.63) is 80.1 Å². The van der Waals surface area contributed by atoms with Gasteiger partial charge in [-0.15, -0.1) is 11.3 Å². The summed E-state index contributed by atoms with van der Waals surface area (Å²) in [6.07, 6.45) is 2.72. The molecule has 1 N–H and O–H groups in total. The zero-order chi connectivity index (χ0) is 23.8. The van der Waals surface area contributed by atoms with Crippen molar-refractivity contribution in [1.29, 1.82) is 0 Å². The zero-order valence-electron chi connectivity index (χ0n) is 18.3. The molecule has 5 nitrogen and oxygen atoms in total. The summed E-state index contributed by atoms with van der Waals surface area (Å²) >= 11 is 13.8. The number of halogens is 2. The molecule has 2 aromatic carbocycles. The number of aryl methyl sites for hydroxylation is 1. The highest BCUT2D eigenvalue weighted by molar-refractivity contribution is 7.17. The number of benzene rings is 2. The average molecular weight is 511 g/mol. The number of fused-ring (bicyclic) bond motifs is 2. The van der Waals surface area contributed by atoms with Crippen LogP contribution in [0.4, 0.5) is 5.00 Å². The van der Waals surface area contributed by atoms with E-state index in [2.05, 4.69) is 5.32 Å². The lowest BCUT2D eigenvalue weighted by atomic mass is 10.0. The molecule has 1 aliphatic rings. The Morgan fingerprint density at radius 2 is 1.91 bits per heavy atom. The van der Waals surface area contributed by atoms with Gasteiger partial charge in [-0.25, -0.2) is 9.78 Å². The Labute approximate surface area is 210 Å². The maximum absolute atomic E-state index is 13.6. The number of hydrogen-bond donors (Lipinski definition) is 1. The van der Waals surface area contributed by atoms with Gasteiger partial charge < -0.3 is 10.1 Å². The van der Waals surface area contributed by atoms with Crippen molar-refractivity contribution in [1.82, 2.24) is 4.98 Å². The molecule has 0 fully saturated rings. The predicted molar refractivity (Wildman–Crippen MR) is 137 cm³/mol. The fraction of sp³-hybridized carbons (Fsp3) is 0.192. The lowest BCUT2D eigenvalue weighted by Gasteiger charge is -2.12. The molecule has 0 unspecified atom stereocenters. The van der Waals surface area contributed by atoms with Crippen LogP contribution in [0.25, 0.3) is 22.2 Å². The maximum Gasteiger partial charge on any atom is 0.341 e. The Kier molecular flexibility index (Phi) is 6.30. The monoisotopic (exact) mass is 510 g/mol. The highest BCUT2D eigenvalue weighted by Gasteiger charge is 2.29. The van der Waals surface area contributed by atoms with E-state index in [4.69, 9.17) is 32.9 Å². The third-order valence-corrected chi connectivity index (χ3v) is 7.75. The van der Waals surface area contributed by atoms with Crippen LogP contribution in [0.15, 0.2) is 48.5 Å². The number of nitrogens with one attached hydrogen (secondary N) is 1. The van der Waals surface area contributed by atoms with E-state index in [0.29, 0.717) is 42.8 Å². The van der Waals surface area contributed by atoms with Crippen LogP contribution in [0.3, 0.4) is 0 Å². The molecule has 1 aliphatic carbocycles. The Hall–Kier alpha value is -2.93. The minimum atomic E-state index is -0.395. The van der Waals surface area contributed by atoms with Gasteiger partial charge in [-0.2, -0.15) is 0 Å². The second kappa shape index (κ2) is 9.37. The number of aromatic nitrogens is 1. The summed E-state index contributed by atoms with van der Waals surface area (Å²) in [6, 6.07) is 14.4. The number of pyridine rings is 1. The summed E-state index contributed by atoms with van der Waals surface area (Å²) in [5.41, 5.74) is 3.95. The summed E-state index contributed by atoms with van der Waals surface area (Å²) in [5, 5.41) is 5.09. The van der Waals surface area contributed by atoms with Crippen LogP contribution in [0.1, 0.15) is 44.5 Å². The molecule has 34 heavy (non-hydrogen) atoms. The van der Waals surface area contributed by atoms with Gasteiger partial charge in [0.1, 0.15) is 5.00 Å². The highest BCUT2D eigenvalue weighted by atomic mass is 35.5. The van der Waals surface area contributed by atoms with E-state index < -0.39 is 5.97 Å². The first-order valence-electron chi connectivity index (χ1n) is 10.9. The number of thiophene rings is 1. The number of amides is 1. The number of carbonyl (C=O) groups is 2. The smallest absolute Gasteiger partial charge is 0.341 e. The molecule has 0 radical (unpaired) electrons. The minimum Gasteiger partial charge on any atom is -0.462 e. The fourth-order valence-electron chi connectivity index (χ4n) is 4.25. The van der Waals surface area contributed by atoms with E-state index in [1.165, 1.54) is 11.3 Å². The zero-order valence-corrected chi connectivity index (χ0v) is 20.6. The third-order valence-electron chi connectivity index (χ3n) is 5.80. The summed E-state index contributed by atoms with van der Waals surface area (Å²) in [4.78, 5) is 32.1. The van der Waals surface area contributed by atoms with Gasteiger partial charge in [0.2, 0.25) is 0 Å². The van der Waals surface area contributed by atoms with E-state index in [1.807, 2.05) is 30.3 Å². The Bertz CT molecular complexity index is 1450. The lowest BCUT2D eigenvalue weighted by Crippen LogP contribution is -2.16. The van der Waals surface area contributed by atoms with E-state index in [9.17, 15) is 9.59 Å². The molecule has 5 rings (SSSR count). The summed E-state index contributed by atoms with van der Waals surface area (Å²) in [7, 11) is 0. The van der Waals surface area contributed by atoms with Gasteiger partial charge in [0.15, 0.2) is 0 Å². The van der Waals surface area contributed by atoms with Crippen molar-refractivity contribution in [3.63, 3.8) is 0 Å². The van der Waals surface area contributed by atoms with Crippen LogP contribution in [-0.4, -0.2) is 23.5 Å². The third kappa shape index (κ3) is 4.17. The molecular weight excluding hydrogens is 491 g/mol. The normalized spacial score (nSPS) is 12.6. The molecule has 8 heteroatoms. The van der Waals surface area contributed by atoms with E-state index in [1.54, 1.807) is 25.1 Å². The molecule has 4 aromatic rings. The largest absolute Gasteiger partial charge is 0.462 e. The van der Waals surface area contributed by atoms with Gasteiger partial charge >= 0.3 is 5.97 Å². The summed E-state index contributed by atoms with van der Waals surface area (Å²) in [5.74, 6) is -0.710. The molecule has 0 atom stereocenters. The number of para-hydroxylation sites is 1. The Morgan fingerprint density at radius 1 is 1.09 bits per heavy atom. The van der Waals surface area contributed by atoms with Gasteiger partial charge in [-0.1, -0.05) is 47.5 Å². The van der Waals surface area contributed by atoms with Gasteiger partial charge in [0.25, 0.3) is 5.91 Å². The molecule has 2 heterocycles. The summed E-state index contributed by atoms with van der Waals surface area (Å²) < 4.78 is 5.29. The van der Waals surface area contributed by atoms with Crippen molar-refractivity contribution in [2.45, 2.75) is 26.2 Å². The first kappa shape index (κ1) is 22.8. The van der Waals surface area contributed by atoms with Gasteiger partial charge in [0, 0.05) is 15.8 Å². The Balaban J connectivity index is 1.58. The predicted octanol–water partition coefficient (Wildman–Crippen LogP) is 7.19. The van der Waals surface area contributed by atoms with Crippen molar-refractivity contribution >= 4 is 62.3 Å². The van der Waals surface area contributed by atoms with Crippen LogP contribution in [0.5, 0.6) is 0 Å². The molecule has 0 spiro atoms. The molecular formula is C26H20Cl2N2O3S. The second-order valence-corrected chi connectivity index (χ2v) is 9.86. The van der Waals surface area contributed by atoms with E-state index >= 15 is 0 Å². The summed E-state index contributed by atoms with van der Waals surface area (Å²) in [6.45, 7) is 2.05. The van der Waals surface area contributed by atoms with Crippen molar-refractivity contribution in [3.8, 4) is 11.3 Å². The van der Waals surface area contributed by atoms with Crippen molar-refractivity contribution < 1.29 is 14.3 Å². The van der Waals surface area contributed by atoms with Crippen LogP contribution < -0.4 is 5.32 Å². The molecule has 0 saturated carbocycles. The molecule has 0 saturated heterocycles. The number of esters is 1. The van der Waals surface area contributed by atoms with Gasteiger partial charge in [-0.3, -0.25) is 4.79 Å². The van der Waals surface area contributed by atoms with Gasteiger partial charge in [0.05, 0.1) is 39.0 Å². The highest BCUT2D eigenvalue weighted by Crippen LogP contribution is 2.40. The molecule has 2 aromatic heterocycles. The number of rotatable bonds is 5. The van der Waals surface area contributed by atoms with E-state index in [-0.39, 0.29) is 12.5 Å². The van der Waals surface area contributed by atoms with Crippen LogP contribution >= 0.6 is 34.5 Å². The number of carbonyl (C=O) groups excluding carboxylic acids is 2. The Morgan fingerprint density at radius 3 is 2.71 bits per heavy atom. The average Bonchev–Trinajstić information content (AvgIpc) is 3.41. The fourth-order valence-corrected chi connectivity index (χ4v) is 5.82. The quantitative estimate of drug-likeness (QED) is 0.288. The van der Waals surface area contributed by atoms with Crippen molar-refractivity contribution in [2.75, 3.05) is 11.9 Å². The number of anilines is 1. The first-order chi connectivity index (χ1) is 16.5. The van der Waals surface area contributed by atoms with Crippen LogP contribution in [0.2, 0.25) is 10.0 Å². The molecule has 0 bridgehead atoms. The second-order valence-electron chi connectivity index (χ2n) is 7.94. The minimum absolute atomic E-state index is 0.277. The number of ether oxygens (including phenoxy) is 1. The lowest BCUT2D eigenvalue weighted by molar-refractivity contribution is 0.0527. The SMILES string of the molecule is CCOC(=O)c1c(NC(=O)c2cc(-c3ccc(Cl)c(Cl)c3)nc3ccccc23)sc2c1CCC2. The number of hydrogen-bond acceptors (Lipinski definition) is 5.